The number of H-pyrrole nitrogens is 1. The average Bonchev–Trinajstić information content (AvgIpc) is 2.81. The second-order valence-electron chi connectivity index (χ2n) is 7.25. The minimum atomic E-state index is -1.23. The summed E-state index contributed by atoms with van der Waals surface area (Å²) < 4.78 is 0. The van der Waals surface area contributed by atoms with Crippen LogP contribution in [0.1, 0.15) is 0 Å². The third-order valence-electron chi connectivity index (χ3n) is 4.90. The number of fused-ring (bicyclic) bond motifs is 1. The molecule has 1 fully saturated rings. The average molecular weight is 607 g/mol. The van der Waals surface area contributed by atoms with E-state index in [0.717, 1.165) is 11.8 Å². The van der Waals surface area contributed by atoms with Crippen molar-refractivity contribution in [3.63, 3.8) is 0 Å². The van der Waals surface area contributed by atoms with Gasteiger partial charge in [-0.15, -0.1) is 35.3 Å². The first-order valence-corrected chi connectivity index (χ1v) is 14.8. The van der Waals surface area contributed by atoms with Crippen LogP contribution in [0.2, 0.25) is 10.0 Å². The number of carboxylic acid groups (broad SMARTS) is 1. The number of thioether (sulfide) groups is 4. The van der Waals surface area contributed by atoms with Gasteiger partial charge in [-0.05, 0) is 12.1 Å². The third kappa shape index (κ3) is 5.94. The molecule has 1 saturated heterocycles. The lowest BCUT2D eigenvalue weighted by atomic mass is 10.1. The van der Waals surface area contributed by atoms with E-state index in [4.69, 9.17) is 28.9 Å². The normalized spacial score (nSPS) is 19.1. The third-order valence-corrected chi connectivity index (χ3v) is 10.5. The second kappa shape index (κ2) is 11.6. The van der Waals surface area contributed by atoms with E-state index >= 15 is 0 Å². The Morgan fingerprint density at radius 3 is 2.64 bits per heavy atom. The van der Waals surface area contributed by atoms with Gasteiger partial charge in [0.05, 0.1) is 15.8 Å². The van der Waals surface area contributed by atoms with E-state index < -0.39 is 29.2 Å². The maximum absolute atomic E-state index is 12.8. The monoisotopic (exact) mass is 605 g/mol. The number of nitrogens with two attached hydrogens (primary N) is 1. The van der Waals surface area contributed by atoms with Gasteiger partial charge in [-0.1, -0.05) is 41.0 Å². The Labute approximate surface area is 231 Å². The molecule has 2 atom stereocenters. The van der Waals surface area contributed by atoms with Crippen LogP contribution in [-0.4, -0.2) is 65.8 Å². The van der Waals surface area contributed by atoms with Crippen molar-refractivity contribution in [2.75, 3.05) is 22.3 Å². The molecule has 2 aromatic rings. The van der Waals surface area contributed by atoms with Crippen molar-refractivity contribution >= 4 is 94.0 Å². The fraction of sp³-hybridized carbons (Fsp3) is 0.250. The number of carboxylic acids is 1. The first-order valence-electron chi connectivity index (χ1n) is 10.1. The minimum absolute atomic E-state index is 0.00849. The number of β-lactam (4-membered cyclic amide) rings is 1. The van der Waals surface area contributed by atoms with Gasteiger partial charge in [0, 0.05) is 26.7 Å². The lowest BCUT2D eigenvalue weighted by molar-refractivity contribution is -0.150. The number of hydrogen-bond acceptors (Lipinski definition) is 10. The molecule has 10 nitrogen and oxygen atoms in total. The first kappa shape index (κ1) is 27.1. The number of nitrogens with zero attached hydrogens (tertiary/aromatic N) is 2. The summed E-state index contributed by atoms with van der Waals surface area (Å²) in [5, 5.41) is 13.6. The fourth-order valence-electron chi connectivity index (χ4n) is 3.36. The van der Waals surface area contributed by atoms with E-state index in [0.29, 0.717) is 35.7 Å². The molecule has 2 amide bonds. The van der Waals surface area contributed by atoms with Crippen LogP contribution in [0.3, 0.4) is 0 Å². The van der Waals surface area contributed by atoms with Crippen molar-refractivity contribution in [2.45, 2.75) is 21.3 Å². The molecule has 0 aliphatic carbocycles. The molecule has 2 aliphatic heterocycles. The molecule has 0 saturated carbocycles. The molecule has 190 valence electrons. The Morgan fingerprint density at radius 2 is 1.97 bits per heavy atom. The summed E-state index contributed by atoms with van der Waals surface area (Å²) in [6.07, 6.45) is 0. The number of nitrogen functional groups attached to an aromatic ring is 1. The number of aromatic nitrogens is 2. The van der Waals surface area contributed by atoms with E-state index in [1.165, 1.54) is 46.3 Å². The number of amides is 2. The fourth-order valence-corrected chi connectivity index (χ4v) is 8.55. The van der Waals surface area contributed by atoms with E-state index in [2.05, 4.69) is 15.3 Å². The summed E-state index contributed by atoms with van der Waals surface area (Å²) >= 11 is 17.2. The van der Waals surface area contributed by atoms with Crippen LogP contribution < -0.4 is 16.6 Å². The topological polar surface area (TPSA) is 158 Å². The second-order valence-corrected chi connectivity index (χ2v) is 12.6. The van der Waals surface area contributed by atoms with Gasteiger partial charge in [0.2, 0.25) is 11.9 Å². The van der Waals surface area contributed by atoms with E-state index in [1.807, 2.05) is 0 Å². The maximum atomic E-state index is 12.8. The van der Waals surface area contributed by atoms with Crippen molar-refractivity contribution in [3.05, 3.63) is 55.3 Å². The van der Waals surface area contributed by atoms with Crippen LogP contribution >= 0.6 is 70.2 Å². The van der Waals surface area contributed by atoms with Crippen LogP contribution in [0.5, 0.6) is 0 Å². The van der Waals surface area contributed by atoms with Gasteiger partial charge in [0.25, 0.3) is 11.5 Å². The predicted molar refractivity (Wildman–Crippen MR) is 144 cm³/mol. The number of aromatic amines is 1. The largest absolute Gasteiger partial charge is 0.477 e. The van der Waals surface area contributed by atoms with Crippen LogP contribution in [0.25, 0.3) is 0 Å². The molecule has 2 unspecified atom stereocenters. The number of nitrogens with one attached hydrogen (secondary N) is 2. The van der Waals surface area contributed by atoms with Gasteiger partial charge in [-0.3, -0.25) is 24.3 Å². The van der Waals surface area contributed by atoms with Gasteiger partial charge in [-0.2, -0.15) is 0 Å². The summed E-state index contributed by atoms with van der Waals surface area (Å²) in [5.74, 6) is -1.78. The number of carbonyl (C=O) groups excluding carboxylic acids is 2. The molecule has 3 heterocycles. The van der Waals surface area contributed by atoms with Gasteiger partial charge in [0.15, 0.2) is 0 Å². The molecule has 16 heteroatoms. The van der Waals surface area contributed by atoms with Crippen LogP contribution in [0.4, 0.5) is 5.95 Å². The van der Waals surface area contributed by atoms with Crippen LogP contribution in [-0.2, 0) is 14.4 Å². The van der Waals surface area contributed by atoms with Gasteiger partial charge >= 0.3 is 5.97 Å². The Bertz CT molecular complexity index is 1300. The quantitative estimate of drug-likeness (QED) is 0.144. The van der Waals surface area contributed by atoms with Gasteiger partial charge in [0.1, 0.15) is 22.1 Å². The lowest BCUT2D eigenvalue weighted by Crippen LogP contribution is -2.70. The lowest BCUT2D eigenvalue weighted by Gasteiger charge is -2.49. The van der Waals surface area contributed by atoms with Crippen molar-refractivity contribution in [1.29, 1.82) is 0 Å². The standard InChI is InChI=1S/C20H17Cl2N5O5S4/c21-8-2-1-3-9(22)16(8)33-6-12(29)24-14-17(30)27-15(19(31)32)10(5-34-18(14)27)35-7-36-13-4-11(28)25-20(23)26-13/h1-4,14,18H,5-7H2,(H,24,29)(H,31,32)(H3,23,25,26,28). The molecule has 1 aromatic heterocycles. The highest BCUT2D eigenvalue weighted by Gasteiger charge is 2.54. The highest BCUT2D eigenvalue weighted by atomic mass is 35.5. The summed E-state index contributed by atoms with van der Waals surface area (Å²) in [5.41, 5.74) is 5.05. The molecule has 0 bridgehead atoms. The highest BCUT2D eigenvalue weighted by molar-refractivity contribution is 8.18. The minimum Gasteiger partial charge on any atom is -0.477 e. The Balaban J connectivity index is 1.37. The van der Waals surface area contributed by atoms with E-state index in [1.54, 1.807) is 18.2 Å². The molecule has 0 radical (unpaired) electrons. The number of aliphatic carboxylic acids is 1. The Morgan fingerprint density at radius 1 is 1.25 bits per heavy atom. The zero-order valence-corrected chi connectivity index (χ0v) is 22.8. The molecular weight excluding hydrogens is 589 g/mol. The first-order chi connectivity index (χ1) is 17.2. The zero-order valence-electron chi connectivity index (χ0n) is 18.0. The zero-order chi connectivity index (χ0) is 26.0. The molecule has 36 heavy (non-hydrogen) atoms. The molecule has 5 N–H and O–H groups in total. The van der Waals surface area contributed by atoms with Crippen molar-refractivity contribution in [3.8, 4) is 0 Å². The van der Waals surface area contributed by atoms with Crippen molar-refractivity contribution in [1.82, 2.24) is 20.2 Å². The number of carbonyl (C=O) groups is 3. The Kier molecular flexibility index (Phi) is 8.73. The SMILES string of the molecule is Nc1nc(SCSC2=C(C(=O)O)N3C(=O)C(NC(=O)CSc4c(Cl)cccc4Cl)C3SC2)cc(=O)[nH]1. The molecule has 4 rings (SSSR count). The van der Waals surface area contributed by atoms with Crippen LogP contribution in [0, 0.1) is 0 Å². The number of rotatable bonds is 9. The summed E-state index contributed by atoms with van der Waals surface area (Å²) in [6.45, 7) is 0. The highest BCUT2D eigenvalue weighted by Crippen LogP contribution is 2.44. The smallest absolute Gasteiger partial charge is 0.353 e. The van der Waals surface area contributed by atoms with Gasteiger partial charge < -0.3 is 16.2 Å². The Hall–Kier alpha value is -1.97. The number of halogens is 2. The van der Waals surface area contributed by atoms with Crippen LogP contribution in [0.15, 0.2) is 49.6 Å². The van der Waals surface area contributed by atoms with Crippen molar-refractivity contribution in [2.24, 2.45) is 0 Å². The summed E-state index contributed by atoms with van der Waals surface area (Å²) in [7, 11) is 0. The number of benzene rings is 1. The van der Waals surface area contributed by atoms with Crippen molar-refractivity contribution < 1.29 is 19.5 Å². The molecule has 1 aromatic carbocycles. The van der Waals surface area contributed by atoms with E-state index in [-0.39, 0.29) is 23.0 Å². The number of anilines is 1. The predicted octanol–water partition coefficient (Wildman–Crippen LogP) is 2.93. The van der Waals surface area contributed by atoms with Gasteiger partial charge in [-0.25, -0.2) is 9.78 Å². The molecular formula is C20H17Cl2N5O5S4. The maximum Gasteiger partial charge on any atom is 0.353 e. The molecule has 0 spiro atoms. The van der Waals surface area contributed by atoms with E-state index in [9.17, 15) is 24.3 Å². The molecule has 2 aliphatic rings. The summed E-state index contributed by atoms with van der Waals surface area (Å²) in [6, 6.07) is 5.50. The number of hydrogen-bond donors (Lipinski definition) is 4. The summed E-state index contributed by atoms with van der Waals surface area (Å²) in [4.78, 5) is 57.5.